The van der Waals surface area contributed by atoms with Gasteiger partial charge < -0.3 is 10.2 Å². The van der Waals surface area contributed by atoms with E-state index in [0.717, 1.165) is 12.0 Å². The van der Waals surface area contributed by atoms with Crippen molar-refractivity contribution in [1.82, 2.24) is 10.2 Å². The van der Waals surface area contributed by atoms with Gasteiger partial charge in [-0.2, -0.15) is 0 Å². The second kappa shape index (κ2) is 6.49. The topological polar surface area (TPSA) is 15.3 Å². The van der Waals surface area contributed by atoms with Crippen molar-refractivity contribution in [3.63, 3.8) is 0 Å². The predicted molar refractivity (Wildman–Crippen MR) is 67.2 cm³/mol. The average Bonchev–Trinajstić information content (AvgIpc) is 2.26. The summed E-state index contributed by atoms with van der Waals surface area (Å²) in [6.45, 7) is 5.89. The largest absolute Gasteiger partial charge is 0.317 e. The Labute approximate surface area is 95.4 Å². The maximum absolute atomic E-state index is 3.30. The second-order valence-electron chi connectivity index (χ2n) is 5.37. The summed E-state index contributed by atoms with van der Waals surface area (Å²) in [6, 6.07) is 1.50. The Kier molecular flexibility index (Phi) is 5.62. The lowest BCUT2D eigenvalue weighted by atomic mass is 9.86. The fraction of sp³-hybridized carbons (Fsp3) is 1.00. The van der Waals surface area contributed by atoms with E-state index in [4.69, 9.17) is 0 Å². The van der Waals surface area contributed by atoms with Crippen LogP contribution in [0.4, 0.5) is 0 Å². The Morgan fingerprint density at radius 3 is 2.40 bits per heavy atom. The van der Waals surface area contributed by atoms with E-state index in [1.807, 2.05) is 7.05 Å². The fourth-order valence-corrected chi connectivity index (χ4v) is 2.41. The molecule has 1 aliphatic rings. The van der Waals surface area contributed by atoms with Crippen LogP contribution >= 0.6 is 0 Å². The zero-order valence-electron chi connectivity index (χ0n) is 10.9. The van der Waals surface area contributed by atoms with E-state index < -0.39 is 0 Å². The van der Waals surface area contributed by atoms with Gasteiger partial charge >= 0.3 is 0 Å². The first kappa shape index (κ1) is 13.0. The monoisotopic (exact) mass is 212 g/mol. The van der Waals surface area contributed by atoms with E-state index in [9.17, 15) is 0 Å². The van der Waals surface area contributed by atoms with E-state index in [2.05, 4.69) is 31.1 Å². The SMILES string of the molecule is CNC(C)CCN(C)C1CCC(C)CC1. The molecule has 15 heavy (non-hydrogen) atoms. The molecule has 1 rings (SSSR count). The van der Waals surface area contributed by atoms with Gasteiger partial charge in [0.05, 0.1) is 0 Å². The van der Waals surface area contributed by atoms with Gasteiger partial charge in [-0.05, 0) is 65.6 Å². The molecule has 1 aliphatic carbocycles. The van der Waals surface area contributed by atoms with Crippen molar-refractivity contribution in [3.05, 3.63) is 0 Å². The van der Waals surface area contributed by atoms with Crippen molar-refractivity contribution in [2.45, 2.75) is 58.0 Å². The van der Waals surface area contributed by atoms with Gasteiger partial charge in [-0.25, -0.2) is 0 Å². The smallest absolute Gasteiger partial charge is 0.00924 e. The minimum absolute atomic E-state index is 0.648. The molecule has 2 heteroatoms. The third-order valence-electron chi connectivity index (χ3n) is 4.02. The highest BCUT2D eigenvalue weighted by Gasteiger charge is 2.21. The lowest BCUT2D eigenvalue weighted by Gasteiger charge is -2.34. The van der Waals surface area contributed by atoms with E-state index >= 15 is 0 Å². The molecule has 1 saturated carbocycles. The van der Waals surface area contributed by atoms with Gasteiger partial charge in [-0.1, -0.05) is 6.92 Å². The van der Waals surface area contributed by atoms with Crippen molar-refractivity contribution in [3.8, 4) is 0 Å². The molecule has 1 atom stereocenters. The number of rotatable bonds is 5. The van der Waals surface area contributed by atoms with Gasteiger partial charge in [0.2, 0.25) is 0 Å². The Morgan fingerprint density at radius 2 is 1.87 bits per heavy atom. The Morgan fingerprint density at radius 1 is 1.27 bits per heavy atom. The second-order valence-corrected chi connectivity index (χ2v) is 5.37. The van der Waals surface area contributed by atoms with Crippen LogP contribution in [0.2, 0.25) is 0 Å². The molecule has 0 aromatic carbocycles. The molecule has 90 valence electrons. The molecule has 0 aliphatic heterocycles. The predicted octanol–water partition coefficient (Wildman–Crippen LogP) is 2.49. The molecule has 0 saturated heterocycles. The van der Waals surface area contributed by atoms with Gasteiger partial charge in [0.25, 0.3) is 0 Å². The first-order chi connectivity index (χ1) is 7.13. The zero-order chi connectivity index (χ0) is 11.3. The highest BCUT2D eigenvalue weighted by molar-refractivity contribution is 4.77. The molecule has 0 bridgehead atoms. The first-order valence-corrected chi connectivity index (χ1v) is 6.51. The first-order valence-electron chi connectivity index (χ1n) is 6.51. The minimum atomic E-state index is 0.648. The lowest BCUT2D eigenvalue weighted by Crippen LogP contribution is -2.37. The van der Waals surface area contributed by atoms with E-state index in [1.54, 1.807) is 0 Å². The van der Waals surface area contributed by atoms with Crippen molar-refractivity contribution in [2.24, 2.45) is 5.92 Å². The van der Waals surface area contributed by atoms with Crippen LogP contribution < -0.4 is 5.32 Å². The Hall–Kier alpha value is -0.0800. The molecule has 0 radical (unpaired) electrons. The number of nitrogens with zero attached hydrogens (tertiary/aromatic N) is 1. The number of hydrogen-bond donors (Lipinski definition) is 1. The standard InChI is InChI=1S/C13H28N2/c1-11-5-7-13(8-6-11)15(4)10-9-12(2)14-3/h11-14H,5-10H2,1-4H3. The van der Waals surface area contributed by atoms with Crippen LogP contribution in [0.5, 0.6) is 0 Å². The van der Waals surface area contributed by atoms with Gasteiger partial charge in [0, 0.05) is 12.1 Å². The van der Waals surface area contributed by atoms with Gasteiger partial charge in [0.1, 0.15) is 0 Å². The van der Waals surface area contributed by atoms with Crippen LogP contribution in [0.25, 0.3) is 0 Å². The molecular weight excluding hydrogens is 184 g/mol. The highest BCUT2D eigenvalue weighted by atomic mass is 15.1. The third-order valence-corrected chi connectivity index (χ3v) is 4.02. The minimum Gasteiger partial charge on any atom is -0.317 e. The summed E-state index contributed by atoms with van der Waals surface area (Å²) in [5, 5.41) is 3.30. The van der Waals surface area contributed by atoms with Crippen LogP contribution in [0.15, 0.2) is 0 Å². The summed E-state index contributed by atoms with van der Waals surface area (Å²) in [5.41, 5.74) is 0. The maximum atomic E-state index is 3.30. The van der Waals surface area contributed by atoms with E-state index in [0.29, 0.717) is 6.04 Å². The Bertz CT molecular complexity index is 162. The fourth-order valence-electron chi connectivity index (χ4n) is 2.41. The van der Waals surface area contributed by atoms with Gasteiger partial charge in [-0.3, -0.25) is 0 Å². The van der Waals surface area contributed by atoms with Crippen LogP contribution in [0.3, 0.4) is 0 Å². The summed E-state index contributed by atoms with van der Waals surface area (Å²) in [7, 11) is 4.34. The molecule has 0 amide bonds. The summed E-state index contributed by atoms with van der Waals surface area (Å²) in [6.07, 6.45) is 6.93. The van der Waals surface area contributed by atoms with Crippen LogP contribution in [-0.4, -0.2) is 37.6 Å². The molecule has 1 fully saturated rings. The molecule has 0 aromatic rings. The molecule has 0 aromatic heterocycles. The summed E-state index contributed by atoms with van der Waals surface area (Å²) < 4.78 is 0. The van der Waals surface area contributed by atoms with Crippen molar-refractivity contribution in [1.29, 1.82) is 0 Å². The third kappa shape index (κ3) is 4.52. The normalized spacial score (nSPS) is 29.4. The van der Waals surface area contributed by atoms with Crippen LogP contribution in [-0.2, 0) is 0 Å². The molecular formula is C13H28N2. The molecule has 1 unspecified atom stereocenters. The average molecular weight is 212 g/mol. The van der Waals surface area contributed by atoms with Gasteiger partial charge in [0.15, 0.2) is 0 Å². The zero-order valence-corrected chi connectivity index (χ0v) is 10.9. The van der Waals surface area contributed by atoms with E-state index in [1.165, 1.54) is 38.6 Å². The Balaban J connectivity index is 2.19. The molecule has 0 spiro atoms. The maximum Gasteiger partial charge on any atom is 0.00924 e. The lowest BCUT2D eigenvalue weighted by molar-refractivity contribution is 0.165. The molecule has 0 heterocycles. The number of hydrogen-bond acceptors (Lipinski definition) is 2. The van der Waals surface area contributed by atoms with Crippen molar-refractivity contribution >= 4 is 0 Å². The summed E-state index contributed by atoms with van der Waals surface area (Å²) in [4.78, 5) is 2.57. The van der Waals surface area contributed by atoms with Crippen LogP contribution in [0, 0.1) is 5.92 Å². The van der Waals surface area contributed by atoms with Gasteiger partial charge in [-0.15, -0.1) is 0 Å². The molecule has 2 nitrogen and oxygen atoms in total. The van der Waals surface area contributed by atoms with Crippen LogP contribution in [0.1, 0.15) is 46.0 Å². The highest BCUT2D eigenvalue weighted by Crippen LogP contribution is 2.26. The molecule has 1 N–H and O–H groups in total. The van der Waals surface area contributed by atoms with Crippen molar-refractivity contribution < 1.29 is 0 Å². The number of nitrogens with one attached hydrogen (secondary N) is 1. The quantitative estimate of drug-likeness (QED) is 0.753. The summed E-state index contributed by atoms with van der Waals surface area (Å²) >= 11 is 0. The summed E-state index contributed by atoms with van der Waals surface area (Å²) in [5.74, 6) is 0.964. The van der Waals surface area contributed by atoms with Crippen molar-refractivity contribution in [2.75, 3.05) is 20.6 Å². The van der Waals surface area contributed by atoms with E-state index in [-0.39, 0.29) is 0 Å².